The molecule has 0 heterocycles. The Labute approximate surface area is 169 Å². The molecule has 152 valence electrons. The van der Waals surface area contributed by atoms with Crippen LogP contribution in [0.3, 0.4) is 0 Å². The third-order valence-electron chi connectivity index (χ3n) is 4.52. The Morgan fingerprint density at radius 1 is 0.966 bits per heavy atom. The van der Waals surface area contributed by atoms with Crippen LogP contribution in [0.15, 0.2) is 48.5 Å². The quantitative estimate of drug-likeness (QED) is 0.472. The summed E-state index contributed by atoms with van der Waals surface area (Å²) in [6.45, 7) is 2.67. The van der Waals surface area contributed by atoms with E-state index in [0.717, 1.165) is 25.7 Å². The summed E-state index contributed by atoms with van der Waals surface area (Å²) in [5.41, 5.74) is 6.18. The molecule has 0 radical (unpaired) electrons. The minimum absolute atomic E-state index is 0.00960. The van der Waals surface area contributed by atoms with Gasteiger partial charge in [0.1, 0.15) is 5.75 Å². The second kappa shape index (κ2) is 9.73. The van der Waals surface area contributed by atoms with E-state index in [-0.39, 0.29) is 11.8 Å². The number of benzene rings is 2. The van der Waals surface area contributed by atoms with Crippen LogP contribution in [-0.2, 0) is 4.79 Å². The molecule has 3 amide bonds. The van der Waals surface area contributed by atoms with Gasteiger partial charge in [0.15, 0.2) is 0 Å². The van der Waals surface area contributed by atoms with Gasteiger partial charge in [0.25, 0.3) is 11.8 Å². The molecule has 1 aliphatic carbocycles. The predicted molar refractivity (Wildman–Crippen MR) is 110 cm³/mol. The zero-order valence-electron chi connectivity index (χ0n) is 16.4. The van der Waals surface area contributed by atoms with Gasteiger partial charge in [0, 0.05) is 22.7 Å². The maximum Gasteiger partial charge on any atom is 0.269 e. The molecular formula is C22H25N3O4. The topological polar surface area (TPSA) is 96.5 Å². The van der Waals surface area contributed by atoms with Crippen molar-refractivity contribution in [3.05, 3.63) is 59.7 Å². The lowest BCUT2D eigenvalue weighted by Crippen LogP contribution is -2.41. The Kier molecular flexibility index (Phi) is 6.84. The Morgan fingerprint density at radius 2 is 1.66 bits per heavy atom. The minimum Gasteiger partial charge on any atom is -0.494 e. The summed E-state index contributed by atoms with van der Waals surface area (Å²) in [4.78, 5) is 36.3. The lowest BCUT2D eigenvalue weighted by molar-refractivity contribution is -0.117. The molecule has 0 atom stereocenters. The second-order valence-corrected chi connectivity index (χ2v) is 6.98. The standard InChI is InChI=1S/C22H25N3O4/c1-2-3-13-29-19-6-4-5-17(14-19)22(28)25-24-21(27)16-9-11-18(12-10-16)23-20(26)15-7-8-15/h4-6,9-12,14-15H,2-3,7-8,13H2,1H3,(H,23,26)(H,24,27)(H,25,28). The van der Waals surface area contributed by atoms with E-state index in [9.17, 15) is 14.4 Å². The molecule has 29 heavy (non-hydrogen) atoms. The SMILES string of the molecule is CCCCOc1cccc(C(=O)NNC(=O)c2ccc(NC(=O)C3CC3)cc2)c1. The first-order chi connectivity index (χ1) is 14.1. The molecule has 3 N–H and O–H groups in total. The molecule has 3 rings (SSSR count). The van der Waals surface area contributed by atoms with Gasteiger partial charge in [-0.2, -0.15) is 0 Å². The Morgan fingerprint density at radius 3 is 2.31 bits per heavy atom. The van der Waals surface area contributed by atoms with Crippen LogP contribution in [0.5, 0.6) is 5.75 Å². The van der Waals surface area contributed by atoms with E-state index in [0.29, 0.717) is 29.2 Å². The Bertz CT molecular complexity index is 876. The average Bonchev–Trinajstić information content (AvgIpc) is 3.58. The molecule has 0 unspecified atom stereocenters. The maximum atomic E-state index is 12.3. The van der Waals surface area contributed by atoms with Gasteiger partial charge in [-0.25, -0.2) is 0 Å². The third kappa shape index (κ3) is 6.07. The van der Waals surface area contributed by atoms with Crippen molar-refractivity contribution in [3.63, 3.8) is 0 Å². The number of anilines is 1. The van der Waals surface area contributed by atoms with Gasteiger partial charge in [0.2, 0.25) is 5.91 Å². The van der Waals surface area contributed by atoms with Crippen molar-refractivity contribution >= 4 is 23.4 Å². The zero-order valence-corrected chi connectivity index (χ0v) is 16.4. The van der Waals surface area contributed by atoms with Crippen LogP contribution < -0.4 is 20.9 Å². The van der Waals surface area contributed by atoms with E-state index in [2.05, 4.69) is 23.1 Å². The monoisotopic (exact) mass is 395 g/mol. The van der Waals surface area contributed by atoms with Gasteiger partial charge in [0.05, 0.1) is 6.61 Å². The summed E-state index contributed by atoms with van der Waals surface area (Å²) >= 11 is 0. The normalized spacial score (nSPS) is 12.7. The van der Waals surface area contributed by atoms with Gasteiger partial charge in [-0.15, -0.1) is 0 Å². The van der Waals surface area contributed by atoms with Gasteiger partial charge in [-0.1, -0.05) is 19.4 Å². The van der Waals surface area contributed by atoms with Crippen LogP contribution in [0.25, 0.3) is 0 Å². The van der Waals surface area contributed by atoms with Crippen molar-refractivity contribution in [1.82, 2.24) is 10.9 Å². The molecule has 0 saturated heterocycles. The van der Waals surface area contributed by atoms with Gasteiger partial charge >= 0.3 is 0 Å². The lowest BCUT2D eigenvalue weighted by atomic mass is 10.2. The summed E-state index contributed by atoms with van der Waals surface area (Å²) in [5, 5.41) is 2.81. The first kappa shape index (κ1) is 20.4. The molecule has 0 aromatic heterocycles. The van der Waals surface area contributed by atoms with Crippen molar-refractivity contribution in [1.29, 1.82) is 0 Å². The van der Waals surface area contributed by atoms with E-state index in [1.165, 1.54) is 0 Å². The van der Waals surface area contributed by atoms with Crippen LogP contribution in [0, 0.1) is 5.92 Å². The molecule has 1 fully saturated rings. The summed E-state index contributed by atoms with van der Waals surface area (Å²) in [6.07, 6.45) is 3.83. The van der Waals surface area contributed by atoms with E-state index in [1.54, 1.807) is 48.5 Å². The number of ether oxygens (including phenoxy) is 1. The highest BCUT2D eigenvalue weighted by molar-refractivity contribution is 6.00. The molecule has 2 aromatic rings. The van der Waals surface area contributed by atoms with Crippen LogP contribution in [0.1, 0.15) is 53.3 Å². The number of carbonyl (C=O) groups excluding carboxylic acids is 3. The largest absolute Gasteiger partial charge is 0.494 e. The van der Waals surface area contributed by atoms with E-state index in [1.807, 2.05) is 0 Å². The highest BCUT2D eigenvalue weighted by Crippen LogP contribution is 2.30. The molecule has 0 bridgehead atoms. The first-order valence-electron chi connectivity index (χ1n) is 9.81. The van der Waals surface area contributed by atoms with Crippen molar-refractivity contribution in [3.8, 4) is 5.75 Å². The first-order valence-corrected chi connectivity index (χ1v) is 9.81. The highest BCUT2D eigenvalue weighted by atomic mass is 16.5. The molecule has 0 spiro atoms. The molecule has 7 heteroatoms. The summed E-state index contributed by atoms with van der Waals surface area (Å²) in [7, 11) is 0. The van der Waals surface area contributed by atoms with E-state index >= 15 is 0 Å². The molecule has 2 aromatic carbocycles. The van der Waals surface area contributed by atoms with Crippen LogP contribution >= 0.6 is 0 Å². The van der Waals surface area contributed by atoms with Crippen LogP contribution in [0.2, 0.25) is 0 Å². The number of hydrogen-bond acceptors (Lipinski definition) is 4. The zero-order chi connectivity index (χ0) is 20.6. The Balaban J connectivity index is 1.50. The van der Waals surface area contributed by atoms with Gasteiger partial charge in [-0.05, 0) is 61.7 Å². The molecular weight excluding hydrogens is 370 g/mol. The Hall–Kier alpha value is -3.35. The number of hydrazine groups is 1. The minimum atomic E-state index is -0.450. The summed E-state index contributed by atoms with van der Waals surface area (Å²) in [5.74, 6) is -0.151. The summed E-state index contributed by atoms with van der Waals surface area (Å²) < 4.78 is 5.59. The van der Waals surface area contributed by atoms with Crippen molar-refractivity contribution in [2.45, 2.75) is 32.6 Å². The molecule has 1 aliphatic rings. The molecule has 0 aliphatic heterocycles. The fourth-order valence-electron chi connectivity index (χ4n) is 2.61. The highest BCUT2D eigenvalue weighted by Gasteiger charge is 2.29. The third-order valence-corrected chi connectivity index (χ3v) is 4.52. The number of amides is 3. The summed E-state index contributed by atoms with van der Waals surface area (Å²) in [6, 6.07) is 13.3. The molecule has 1 saturated carbocycles. The van der Waals surface area contributed by atoms with Gasteiger partial charge in [-0.3, -0.25) is 25.2 Å². The predicted octanol–water partition coefficient (Wildman–Crippen LogP) is 3.29. The second-order valence-electron chi connectivity index (χ2n) is 6.98. The number of carbonyl (C=O) groups is 3. The van der Waals surface area contributed by atoms with Crippen molar-refractivity contribution in [2.24, 2.45) is 5.92 Å². The number of rotatable bonds is 8. The van der Waals surface area contributed by atoms with Crippen LogP contribution in [-0.4, -0.2) is 24.3 Å². The van der Waals surface area contributed by atoms with Crippen molar-refractivity contribution < 1.29 is 19.1 Å². The van der Waals surface area contributed by atoms with Crippen LogP contribution in [0.4, 0.5) is 5.69 Å². The fraction of sp³-hybridized carbons (Fsp3) is 0.318. The number of nitrogens with one attached hydrogen (secondary N) is 3. The van der Waals surface area contributed by atoms with Crippen molar-refractivity contribution in [2.75, 3.05) is 11.9 Å². The average molecular weight is 395 g/mol. The van der Waals surface area contributed by atoms with E-state index < -0.39 is 11.8 Å². The molecule has 7 nitrogen and oxygen atoms in total. The number of hydrogen-bond donors (Lipinski definition) is 3. The maximum absolute atomic E-state index is 12.3. The van der Waals surface area contributed by atoms with E-state index in [4.69, 9.17) is 4.74 Å². The number of unbranched alkanes of at least 4 members (excludes halogenated alkanes) is 1. The lowest BCUT2D eigenvalue weighted by Gasteiger charge is -2.10. The van der Waals surface area contributed by atoms with Gasteiger partial charge < -0.3 is 10.1 Å². The fourth-order valence-corrected chi connectivity index (χ4v) is 2.61. The smallest absolute Gasteiger partial charge is 0.269 e.